The summed E-state index contributed by atoms with van der Waals surface area (Å²) in [6, 6.07) is 14.6. The predicted octanol–water partition coefficient (Wildman–Crippen LogP) is 4.13. The standard InChI is InChI=1S/C28H37N3O3/c1-20-5-4-6-22(17-20)27(32)9-10-28(33)29-23-11-14-31(19-23)24-12-15-30(16-13-24)26-8-7-25(34-3)18-21(26)2/h4-8,17-18,23-24H,9-16,19H2,1-3H3,(H,29,33)/t23-/m1/s1. The van der Waals surface area contributed by atoms with Crippen LogP contribution in [0.5, 0.6) is 5.75 Å². The van der Waals surface area contributed by atoms with Gasteiger partial charge in [-0.1, -0.05) is 23.8 Å². The molecule has 2 fully saturated rings. The largest absolute Gasteiger partial charge is 0.497 e. The van der Waals surface area contributed by atoms with Crippen LogP contribution in [0.1, 0.15) is 53.6 Å². The molecule has 0 aromatic heterocycles. The maximum atomic E-state index is 12.5. The smallest absolute Gasteiger partial charge is 0.220 e. The maximum Gasteiger partial charge on any atom is 0.220 e. The lowest BCUT2D eigenvalue weighted by Crippen LogP contribution is -2.45. The number of hydrogen-bond acceptors (Lipinski definition) is 5. The number of likely N-dealkylation sites (tertiary alicyclic amines) is 1. The summed E-state index contributed by atoms with van der Waals surface area (Å²) < 4.78 is 5.34. The number of ketones is 1. The Hall–Kier alpha value is -2.86. The average molecular weight is 464 g/mol. The van der Waals surface area contributed by atoms with E-state index in [0.29, 0.717) is 11.6 Å². The number of amides is 1. The van der Waals surface area contributed by atoms with Gasteiger partial charge in [-0.25, -0.2) is 0 Å². The van der Waals surface area contributed by atoms with Crippen molar-refractivity contribution in [2.45, 2.75) is 58.0 Å². The van der Waals surface area contributed by atoms with Gasteiger partial charge in [0.2, 0.25) is 5.91 Å². The molecule has 34 heavy (non-hydrogen) atoms. The third-order valence-corrected chi connectivity index (χ3v) is 7.23. The first-order chi connectivity index (χ1) is 16.4. The first kappa shape index (κ1) is 24.3. The summed E-state index contributed by atoms with van der Waals surface area (Å²) in [6.45, 7) is 8.15. The molecular weight excluding hydrogens is 426 g/mol. The van der Waals surface area contributed by atoms with E-state index in [9.17, 15) is 9.59 Å². The predicted molar refractivity (Wildman–Crippen MR) is 136 cm³/mol. The van der Waals surface area contributed by atoms with Crippen molar-refractivity contribution in [2.24, 2.45) is 0 Å². The summed E-state index contributed by atoms with van der Waals surface area (Å²) in [5.74, 6) is 0.921. The number of nitrogens with one attached hydrogen (secondary N) is 1. The van der Waals surface area contributed by atoms with Gasteiger partial charge in [0, 0.05) is 62.4 Å². The Morgan fingerprint density at radius 3 is 2.50 bits per heavy atom. The first-order valence-electron chi connectivity index (χ1n) is 12.5. The molecule has 1 N–H and O–H groups in total. The van der Waals surface area contributed by atoms with Gasteiger partial charge >= 0.3 is 0 Å². The molecule has 2 aromatic carbocycles. The fraction of sp³-hybridized carbons (Fsp3) is 0.500. The van der Waals surface area contributed by atoms with Gasteiger partial charge in [-0.2, -0.15) is 0 Å². The zero-order valence-electron chi connectivity index (χ0n) is 20.7. The molecule has 6 heteroatoms. The average Bonchev–Trinajstić information content (AvgIpc) is 3.31. The zero-order valence-corrected chi connectivity index (χ0v) is 20.7. The van der Waals surface area contributed by atoms with E-state index in [2.05, 4.69) is 34.2 Å². The van der Waals surface area contributed by atoms with Gasteiger partial charge in [0.15, 0.2) is 5.78 Å². The second kappa shape index (κ2) is 11.0. The number of piperidine rings is 1. The first-order valence-corrected chi connectivity index (χ1v) is 12.5. The van der Waals surface area contributed by atoms with E-state index < -0.39 is 0 Å². The van der Waals surface area contributed by atoms with E-state index in [-0.39, 0.29) is 30.6 Å². The van der Waals surface area contributed by atoms with Crippen LogP contribution >= 0.6 is 0 Å². The monoisotopic (exact) mass is 463 g/mol. The highest BCUT2D eigenvalue weighted by atomic mass is 16.5. The fourth-order valence-electron chi connectivity index (χ4n) is 5.31. The van der Waals surface area contributed by atoms with Crippen molar-refractivity contribution in [3.05, 3.63) is 59.2 Å². The van der Waals surface area contributed by atoms with Gasteiger partial charge in [0.1, 0.15) is 5.75 Å². The minimum Gasteiger partial charge on any atom is -0.497 e. The number of aryl methyl sites for hydroxylation is 2. The van der Waals surface area contributed by atoms with E-state index >= 15 is 0 Å². The highest BCUT2D eigenvalue weighted by Gasteiger charge is 2.31. The number of methoxy groups -OCH3 is 1. The number of hydrogen-bond donors (Lipinski definition) is 1. The number of ether oxygens (including phenoxy) is 1. The molecule has 0 bridgehead atoms. The number of carbonyl (C=O) groups excluding carboxylic acids is 2. The van der Waals surface area contributed by atoms with Crippen LogP contribution in [0, 0.1) is 13.8 Å². The molecule has 2 heterocycles. The Morgan fingerprint density at radius 1 is 1.00 bits per heavy atom. The zero-order chi connectivity index (χ0) is 24.1. The van der Waals surface area contributed by atoms with Crippen LogP contribution in [-0.4, -0.2) is 62.0 Å². The van der Waals surface area contributed by atoms with Crippen molar-refractivity contribution in [2.75, 3.05) is 38.2 Å². The molecule has 2 aromatic rings. The highest BCUT2D eigenvalue weighted by Crippen LogP contribution is 2.29. The van der Waals surface area contributed by atoms with Crippen molar-refractivity contribution in [1.82, 2.24) is 10.2 Å². The van der Waals surface area contributed by atoms with Crippen LogP contribution in [0.4, 0.5) is 5.69 Å². The lowest BCUT2D eigenvalue weighted by atomic mass is 10.0. The summed E-state index contributed by atoms with van der Waals surface area (Å²) in [7, 11) is 1.71. The Kier molecular flexibility index (Phi) is 7.88. The lowest BCUT2D eigenvalue weighted by Gasteiger charge is -2.38. The number of rotatable bonds is 8. The maximum absolute atomic E-state index is 12.5. The minimum atomic E-state index is -0.0161. The molecule has 0 saturated carbocycles. The van der Waals surface area contributed by atoms with Crippen molar-refractivity contribution in [3.63, 3.8) is 0 Å². The van der Waals surface area contributed by atoms with Gasteiger partial charge in [-0.05, 0) is 62.9 Å². The van der Waals surface area contributed by atoms with Crippen LogP contribution in [0.15, 0.2) is 42.5 Å². The minimum absolute atomic E-state index is 0.0161. The van der Waals surface area contributed by atoms with Crippen LogP contribution in [0.2, 0.25) is 0 Å². The van der Waals surface area contributed by atoms with E-state index in [0.717, 1.165) is 56.8 Å². The van der Waals surface area contributed by atoms with Gasteiger partial charge in [-0.15, -0.1) is 0 Å². The van der Waals surface area contributed by atoms with E-state index in [1.54, 1.807) is 7.11 Å². The molecule has 2 aliphatic rings. The molecular formula is C28H37N3O3. The lowest BCUT2D eigenvalue weighted by molar-refractivity contribution is -0.121. The summed E-state index contributed by atoms with van der Waals surface area (Å²) in [6.07, 6.45) is 3.77. The Labute approximate surface area is 203 Å². The van der Waals surface area contributed by atoms with E-state index in [1.807, 2.05) is 37.3 Å². The number of nitrogens with zero attached hydrogens (tertiary/aromatic N) is 2. The van der Waals surface area contributed by atoms with Gasteiger partial charge in [0.05, 0.1) is 7.11 Å². The topological polar surface area (TPSA) is 61.9 Å². The van der Waals surface area contributed by atoms with Crippen molar-refractivity contribution < 1.29 is 14.3 Å². The summed E-state index contributed by atoms with van der Waals surface area (Å²) in [5, 5.41) is 3.16. The number of benzene rings is 2. The molecule has 0 radical (unpaired) electrons. The SMILES string of the molecule is COc1ccc(N2CCC(N3CC[C@@H](NC(=O)CCC(=O)c4cccc(C)c4)C3)CC2)c(C)c1. The fourth-order valence-corrected chi connectivity index (χ4v) is 5.31. The van der Waals surface area contributed by atoms with E-state index in [4.69, 9.17) is 4.74 Å². The Balaban J connectivity index is 1.20. The van der Waals surface area contributed by atoms with Gasteiger partial charge < -0.3 is 15.0 Å². The molecule has 1 atom stereocenters. The third kappa shape index (κ3) is 5.98. The Morgan fingerprint density at radius 2 is 1.79 bits per heavy atom. The molecule has 182 valence electrons. The molecule has 1 amide bonds. The molecule has 0 aliphatic carbocycles. The summed E-state index contributed by atoms with van der Waals surface area (Å²) in [4.78, 5) is 29.9. The van der Waals surface area contributed by atoms with Gasteiger partial charge in [-0.3, -0.25) is 14.5 Å². The quantitative estimate of drug-likeness (QED) is 0.597. The van der Waals surface area contributed by atoms with Crippen LogP contribution in [0.25, 0.3) is 0 Å². The molecule has 6 nitrogen and oxygen atoms in total. The molecule has 4 rings (SSSR count). The summed E-state index contributed by atoms with van der Waals surface area (Å²) in [5.41, 5.74) is 4.30. The van der Waals surface area contributed by atoms with E-state index in [1.165, 1.54) is 11.3 Å². The number of Topliss-reactive ketones (excluding diaryl/α,β-unsaturated/α-hetero) is 1. The van der Waals surface area contributed by atoms with Crippen LogP contribution in [-0.2, 0) is 4.79 Å². The van der Waals surface area contributed by atoms with Crippen molar-refractivity contribution in [1.29, 1.82) is 0 Å². The highest BCUT2D eigenvalue weighted by molar-refractivity contribution is 5.98. The molecule has 2 aliphatic heterocycles. The van der Waals surface area contributed by atoms with Crippen LogP contribution < -0.4 is 15.0 Å². The normalized spacial score (nSPS) is 19.3. The second-order valence-electron chi connectivity index (χ2n) is 9.71. The van der Waals surface area contributed by atoms with Crippen LogP contribution in [0.3, 0.4) is 0 Å². The molecule has 0 spiro atoms. The third-order valence-electron chi connectivity index (χ3n) is 7.23. The molecule has 2 saturated heterocycles. The Bertz CT molecular complexity index is 1010. The van der Waals surface area contributed by atoms with Gasteiger partial charge in [0.25, 0.3) is 0 Å². The van der Waals surface area contributed by atoms with Crippen molar-refractivity contribution in [3.8, 4) is 5.75 Å². The van der Waals surface area contributed by atoms with Crippen molar-refractivity contribution >= 4 is 17.4 Å². The summed E-state index contributed by atoms with van der Waals surface area (Å²) >= 11 is 0. The second-order valence-corrected chi connectivity index (χ2v) is 9.71. The molecule has 0 unspecified atom stereocenters. The number of anilines is 1. The number of carbonyl (C=O) groups is 2.